The molecule has 1 aliphatic rings. The van der Waals surface area contributed by atoms with Crippen LogP contribution in [0, 0.1) is 0 Å². The van der Waals surface area contributed by atoms with Gasteiger partial charge >= 0.3 is 0 Å². The highest BCUT2D eigenvalue weighted by Crippen LogP contribution is 2.21. The van der Waals surface area contributed by atoms with Gasteiger partial charge in [0.25, 0.3) is 0 Å². The van der Waals surface area contributed by atoms with Gasteiger partial charge in [-0.15, -0.1) is 0 Å². The summed E-state index contributed by atoms with van der Waals surface area (Å²) in [5.41, 5.74) is 2.65. The third-order valence-electron chi connectivity index (χ3n) is 1.88. The van der Waals surface area contributed by atoms with Crippen LogP contribution >= 0.6 is 15.9 Å². The van der Waals surface area contributed by atoms with Gasteiger partial charge in [-0.1, -0.05) is 28.1 Å². The second-order valence-corrected chi connectivity index (χ2v) is 3.45. The highest BCUT2D eigenvalue weighted by molar-refractivity contribution is 9.10. The molecule has 0 N–H and O–H groups in total. The van der Waals surface area contributed by atoms with Gasteiger partial charge in [-0.25, -0.2) is 0 Å². The monoisotopic (exact) mass is 209 g/mol. The van der Waals surface area contributed by atoms with Crippen molar-refractivity contribution < 1.29 is 0 Å². The fraction of sp³-hybridized carbons (Fsp3) is 0.222. The van der Waals surface area contributed by atoms with Gasteiger partial charge in [0.05, 0.1) is 0 Å². The lowest BCUT2D eigenvalue weighted by Gasteiger charge is -2.10. The Morgan fingerprint density at radius 2 is 2.27 bits per heavy atom. The zero-order valence-corrected chi connectivity index (χ0v) is 7.63. The van der Waals surface area contributed by atoms with Crippen LogP contribution in [0.3, 0.4) is 0 Å². The summed E-state index contributed by atoms with van der Waals surface area (Å²) in [6, 6.07) is 6.22. The molecule has 1 nitrogen and oxygen atoms in total. The van der Waals surface area contributed by atoms with Crippen LogP contribution in [-0.2, 0) is 6.42 Å². The number of hydrogen-bond donors (Lipinski definition) is 0. The molecule has 0 atom stereocenters. The Labute approximate surface area is 74.3 Å². The predicted octanol–water partition coefficient (Wildman–Crippen LogP) is 2.42. The van der Waals surface area contributed by atoms with Gasteiger partial charge in [-0.05, 0) is 23.6 Å². The lowest BCUT2D eigenvalue weighted by Crippen LogP contribution is -2.02. The molecule has 0 saturated heterocycles. The molecule has 2 rings (SSSR count). The molecule has 0 saturated carbocycles. The van der Waals surface area contributed by atoms with E-state index in [4.69, 9.17) is 0 Å². The SMILES string of the molecule is Brc1cccc2c1CCN=C2. The summed E-state index contributed by atoms with van der Waals surface area (Å²) in [6.45, 7) is 0.926. The van der Waals surface area contributed by atoms with Crippen LogP contribution in [0.1, 0.15) is 11.1 Å². The normalized spacial score (nSPS) is 14.6. The molecular weight excluding hydrogens is 202 g/mol. The molecule has 0 spiro atoms. The molecule has 1 aliphatic heterocycles. The molecular formula is C9H8BrN. The summed E-state index contributed by atoms with van der Waals surface area (Å²) in [6.07, 6.45) is 3.01. The highest BCUT2D eigenvalue weighted by atomic mass is 79.9. The number of nitrogens with zero attached hydrogens (tertiary/aromatic N) is 1. The lowest BCUT2D eigenvalue weighted by molar-refractivity contribution is 0.947. The summed E-state index contributed by atoms with van der Waals surface area (Å²) in [5, 5.41) is 0. The lowest BCUT2D eigenvalue weighted by atomic mass is 10.0. The van der Waals surface area contributed by atoms with E-state index in [0.717, 1.165) is 13.0 Å². The minimum absolute atomic E-state index is 0.926. The Morgan fingerprint density at radius 3 is 3.09 bits per heavy atom. The van der Waals surface area contributed by atoms with Crippen LogP contribution in [0.4, 0.5) is 0 Å². The highest BCUT2D eigenvalue weighted by Gasteiger charge is 2.06. The van der Waals surface area contributed by atoms with E-state index >= 15 is 0 Å². The first-order chi connectivity index (χ1) is 5.38. The van der Waals surface area contributed by atoms with Gasteiger partial charge in [0.1, 0.15) is 0 Å². The fourth-order valence-electron chi connectivity index (χ4n) is 1.30. The second-order valence-electron chi connectivity index (χ2n) is 2.59. The Balaban J connectivity index is 2.60. The van der Waals surface area contributed by atoms with Gasteiger partial charge in [-0.3, -0.25) is 4.99 Å². The molecule has 56 valence electrons. The van der Waals surface area contributed by atoms with Crippen LogP contribution < -0.4 is 0 Å². The average Bonchev–Trinajstić information content (AvgIpc) is 2.06. The van der Waals surface area contributed by atoms with Crippen LogP contribution in [0.5, 0.6) is 0 Å². The second kappa shape index (κ2) is 2.78. The maximum Gasteiger partial charge on any atom is 0.0430 e. The number of benzene rings is 1. The molecule has 11 heavy (non-hydrogen) atoms. The van der Waals surface area contributed by atoms with Gasteiger partial charge < -0.3 is 0 Å². The van der Waals surface area contributed by atoms with E-state index in [-0.39, 0.29) is 0 Å². The van der Waals surface area contributed by atoms with Crippen molar-refractivity contribution in [2.45, 2.75) is 6.42 Å². The largest absolute Gasteiger partial charge is 0.292 e. The standard InChI is InChI=1S/C9H8BrN/c10-9-3-1-2-7-6-11-5-4-8(7)9/h1-3,6H,4-5H2. The summed E-state index contributed by atoms with van der Waals surface area (Å²) in [4.78, 5) is 4.21. The predicted molar refractivity (Wildman–Crippen MR) is 50.3 cm³/mol. The quantitative estimate of drug-likeness (QED) is 0.623. The van der Waals surface area contributed by atoms with E-state index < -0.39 is 0 Å². The molecule has 0 fully saturated rings. The van der Waals surface area contributed by atoms with Crippen molar-refractivity contribution in [3.05, 3.63) is 33.8 Å². The molecule has 0 amide bonds. The molecule has 0 aromatic heterocycles. The smallest absolute Gasteiger partial charge is 0.0430 e. The Kier molecular flexibility index (Phi) is 1.78. The Bertz CT molecular complexity index is 304. The first kappa shape index (κ1) is 7.04. The number of fused-ring (bicyclic) bond motifs is 1. The molecule has 0 bridgehead atoms. The molecule has 0 unspecified atom stereocenters. The van der Waals surface area contributed by atoms with Crippen LogP contribution in [0.2, 0.25) is 0 Å². The van der Waals surface area contributed by atoms with E-state index in [2.05, 4.69) is 33.1 Å². The third kappa shape index (κ3) is 1.23. The van der Waals surface area contributed by atoms with Crippen molar-refractivity contribution >= 4 is 22.1 Å². The zero-order valence-electron chi connectivity index (χ0n) is 6.05. The van der Waals surface area contributed by atoms with Crippen molar-refractivity contribution in [1.29, 1.82) is 0 Å². The van der Waals surface area contributed by atoms with E-state index in [1.807, 2.05) is 12.3 Å². The topological polar surface area (TPSA) is 12.4 Å². The maximum atomic E-state index is 4.21. The Hall–Kier alpha value is -0.630. The van der Waals surface area contributed by atoms with Crippen LogP contribution in [0.15, 0.2) is 27.7 Å². The van der Waals surface area contributed by atoms with E-state index in [1.165, 1.54) is 15.6 Å². The average molecular weight is 210 g/mol. The van der Waals surface area contributed by atoms with Crippen molar-refractivity contribution in [3.8, 4) is 0 Å². The van der Waals surface area contributed by atoms with Gasteiger partial charge in [0.15, 0.2) is 0 Å². The summed E-state index contributed by atoms with van der Waals surface area (Å²) < 4.78 is 1.21. The zero-order chi connectivity index (χ0) is 7.68. The molecule has 0 aliphatic carbocycles. The number of hydrogen-bond acceptors (Lipinski definition) is 1. The number of aliphatic imine (C=N–C) groups is 1. The van der Waals surface area contributed by atoms with Crippen LogP contribution in [0.25, 0.3) is 0 Å². The first-order valence-electron chi connectivity index (χ1n) is 3.65. The molecule has 2 heteroatoms. The van der Waals surface area contributed by atoms with E-state index in [9.17, 15) is 0 Å². The van der Waals surface area contributed by atoms with Gasteiger partial charge in [-0.2, -0.15) is 0 Å². The van der Waals surface area contributed by atoms with E-state index in [0.29, 0.717) is 0 Å². The summed E-state index contributed by atoms with van der Waals surface area (Å²) in [5.74, 6) is 0. The third-order valence-corrected chi connectivity index (χ3v) is 2.62. The minimum atomic E-state index is 0.926. The Morgan fingerprint density at radius 1 is 1.36 bits per heavy atom. The summed E-state index contributed by atoms with van der Waals surface area (Å²) in [7, 11) is 0. The van der Waals surface area contributed by atoms with Crippen molar-refractivity contribution in [2.24, 2.45) is 4.99 Å². The number of halogens is 1. The number of rotatable bonds is 0. The van der Waals surface area contributed by atoms with E-state index in [1.54, 1.807) is 0 Å². The molecule has 1 aromatic carbocycles. The molecule has 1 aromatic rings. The van der Waals surface area contributed by atoms with Crippen molar-refractivity contribution in [1.82, 2.24) is 0 Å². The van der Waals surface area contributed by atoms with Crippen molar-refractivity contribution in [2.75, 3.05) is 6.54 Å². The minimum Gasteiger partial charge on any atom is -0.292 e. The van der Waals surface area contributed by atoms with Gasteiger partial charge in [0.2, 0.25) is 0 Å². The first-order valence-corrected chi connectivity index (χ1v) is 4.44. The molecule has 0 radical (unpaired) electrons. The van der Waals surface area contributed by atoms with Crippen molar-refractivity contribution in [3.63, 3.8) is 0 Å². The van der Waals surface area contributed by atoms with Crippen LogP contribution in [-0.4, -0.2) is 12.8 Å². The fourth-order valence-corrected chi connectivity index (χ4v) is 1.88. The van der Waals surface area contributed by atoms with Gasteiger partial charge in [0, 0.05) is 17.2 Å². The maximum absolute atomic E-state index is 4.21. The summed E-state index contributed by atoms with van der Waals surface area (Å²) >= 11 is 3.52. The molecule has 1 heterocycles.